The number of hydrogen-bond donors (Lipinski definition) is 0. The minimum absolute atomic E-state index is 0.372. The summed E-state index contributed by atoms with van der Waals surface area (Å²) < 4.78 is 11.4. The van der Waals surface area contributed by atoms with E-state index in [1.54, 1.807) is 0 Å². The molecule has 0 spiro atoms. The first-order chi connectivity index (χ1) is 9.63. The fourth-order valence-corrected chi connectivity index (χ4v) is 3.74. The van der Waals surface area contributed by atoms with Crippen molar-refractivity contribution in [1.82, 2.24) is 0 Å². The molecule has 112 valence electrons. The minimum Gasteiger partial charge on any atom is -0.494 e. The van der Waals surface area contributed by atoms with Crippen molar-refractivity contribution in [3.05, 3.63) is 29.3 Å². The molecule has 0 radical (unpaired) electrons. The molecule has 1 aromatic rings. The van der Waals surface area contributed by atoms with Crippen molar-refractivity contribution >= 4 is 15.9 Å². The number of alkyl halides is 1. The maximum atomic E-state index is 5.75. The molecule has 0 heterocycles. The SMILES string of the molecule is CCOc1ccc(C)cc1C(Br)CC1CC(OCC)C1. The van der Waals surface area contributed by atoms with Gasteiger partial charge in [0.1, 0.15) is 5.75 Å². The Labute approximate surface area is 131 Å². The largest absolute Gasteiger partial charge is 0.494 e. The Morgan fingerprint density at radius 2 is 2.00 bits per heavy atom. The summed E-state index contributed by atoms with van der Waals surface area (Å²) in [6.07, 6.45) is 4.05. The van der Waals surface area contributed by atoms with Crippen molar-refractivity contribution in [2.75, 3.05) is 13.2 Å². The van der Waals surface area contributed by atoms with Crippen LogP contribution in [0.5, 0.6) is 5.75 Å². The maximum absolute atomic E-state index is 5.75. The van der Waals surface area contributed by atoms with E-state index in [4.69, 9.17) is 9.47 Å². The van der Waals surface area contributed by atoms with Gasteiger partial charge in [0, 0.05) is 17.0 Å². The van der Waals surface area contributed by atoms with E-state index in [1.807, 2.05) is 6.92 Å². The lowest BCUT2D eigenvalue weighted by Crippen LogP contribution is -2.31. The Kier molecular flexibility index (Phi) is 5.91. The van der Waals surface area contributed by atoms with Gasteiger partial charge in [-0.15, -0.1) is 0 Å². The third-order valence-electron chi connectivity index (χ3n) is 3.94. The van der Waals surface area contributed by atoms with E-state index in [-0.39, 0.29) is 0 Å². The summed E-state index contributed by atoms with van der Waals surface area (Å²) >= 11 is 3.85. The number of hydrogen-bond acceptors (Lipinski definition) is 2. The van der Waals surface area contributed by atoms with E-state index in [9.17, 15) is 0 Å². The standard InChI is InChI=1S/C17H25BrO2/c1-4-19-14-9-13(10-14)11-16(18)15-8-12(3)6-7-17(15)20-5-2/h6-8,13-14,16H,4-5,9-11H2,1-3H3. The summed E-state index contributed by atoms with van der Waals surface area (Å²) in [6, 6.07) is 6.44. The van der Waals surface area contributed by atoms with Crippen molar-refractivity contribution in [2.45, 2.75) is 51.0 Å². The van der Waals surface area contributed by atoms with Crippen molar-refractivity contribution in [1.29, 1.82) is 0 Å². The van der Waals surface area contributed by atoms with E-state index in [0.29, 0.717) is 17.5 Å². The summed E-state index contributed by atoms with van der Waals surface area (Å²) in [5.74, 6) is 1.78. The highest BCUT2D eigenvalue weighted by Gasteiger charge is 2.31. The highest BCUT2D eigenvalue weighted by Crippen LogP contribution is 2.42. The molecule has 1 aliphatic carbocycles. The van der Waals surface area contributed by atoms with Gasteiger partial charge >= 0.3 is 0 Å². The molecule has 1 unspecified atom stereocenters. The third-order valence-corrected chi connectivity index (χ3v) is 4.80. The molecule has 2 nitrogen and oxygen atoms in total. The molecular formula is C17H25BrO2. The van der Waals surface area contributed by atoms with Crippen LogP contribution in [0, 0.1) is 12.8 Å². The van der Waals surface area contributed by atoms with Crippen molar-refractivity contribution in [3.63, 3.8) is 0 Å². The molecule has 1 fully saturated rings. The number of ether oxygens (including phenoxy) is 2. The van der Waals surface area contributed by atoms with Crippen LogP contribution < -0.4 is 4.74 Å². The predicted octanol–water partition coefficient (Wildman–Crippen LogP) is 5.03. The number of benzene rings is 1. The van der Waals surface area contributed by atoms with E-state index >= 15 is 0 Å². The third kappa shape index (κ3) is 3.98. The lowest BCUT2D eigenvalue weighted by Gasteiger charge is -2.36. The maximum Gasteiger partial charge on any atom is 0.123 e. The first kappa shape index (κ1) is 15.8. The number of halogens is 1. The molecule has 1 atom stereocenters. The van der Waals surface area contributed by atoms with E-state index < -0.39 is 0 Å². The van der Waals surface area contributed by atoms with E-state index in [1.165, 1.54) is 24.0 Å². The summed E-state index contributed by atoms with van der Waals surface area (Å²) in [5, 5.41) is 0. The van der Waals surface area contributed by atoms with Crippen molar-refractivity contribution in [2.24, 2.45) is 5.92 Å². The van der Waals surface area contributed by atoms with Crippen LogP contribution in [-0.2, 0) is 4.74 Å². The smallest absolute Gasteiger partial charge is 0.123 e. The van der Waals surface area contributed by atoms with E-state index in [2.05, 4.69) is 48.0 Å². The molecule has 1 aliphatic rings. The molecule has 20 heavy (non-hydrogen) atoms. The van der Waals surface area contributed by atoms with E-state index in [0.717, 1.165) is 24.7 Å². The minimum atomic E-state index is 0.372. The molecule has 0 N–H and O–H groups in total. The molecule has 1 aromatic carbocycles. The molecule has 2 rings (SSSR count). The molecule has 0 aliphatic heterocycles. The molecule has 1 saturated carbocycles. The molecule has 0 aromatic heterocycles. The van der Waals surface area contributed by atoms with Gasteiger partial charge in [0.2, 0.25) is 0 Å². The summed E-state index contributed by atoms with van der Waals surface area (Å²) in [5.41, 5.74) is 2.57. The summed E-state index contributed by atoms with van der Waals surface area (Å²) in [4.78, 5) is 0.372. The number of aryl methyl sites for hydroxylation is 1. The lowest BCUT2D eigenvalue weighted by atomic mass is 9.78. The first-order valence-electron chi connectivity index (χ1n) is 7.63. The Hall–Kier alpha value is -0.540. The fourth-order valence-electron chi connectivity index (χ4n) is 2.86. The zero-order valence-corrected chi connectivity index (χ0v) is 14.3. The van der Waals surface area contributed by atoms with Crippen LogP contribution in [-0.4, -0.2) is 19.3 Å². The number of rotatable bonds is 7. The second-order valence-corrected chi connectivity index (χ2v) is 6.70. The van der Waals surface area contributed by atoms with Crippen molar-refractivity contribution in [3.8, 4) is 5.75 Å². The monoisotopic (exact) mass is 340 g/mol. The second-order valence-electron chi connectivity index (χ2n) is 5.59. The quantitative estimate of drug-likeness (QED) is 0.647. The topological polar surface area (TPSA) is 18.5 Å². The highest BCUT2D eigenvalue weighted by molar-refractivity contribution is 9.09. The highest BCUT2D eigenvalue weighted by atomic mass is 79.9. The Morgan fingerprint density at radius 1 is 1.25 bits per heavy atom. The first-order valence-corrected chi connectivity index (χ1v) is 8.54. The van der Waals surface area contributed by atoms with Gasteiger partial charge in [-0.2, -0.15) is 0 Å². The average molecular weight is 341 g/mol. The van der Waals surface area contributed by atoms with Gasteiger partial charge in [0.15, 0.2) is 0 Å². The van der Waals surface area contributed by atoms with Crippen LogP contribution in [0.15, 0.2) is 18.2 Å². The Morgan fingerprint density at radius 3 is 2.65 bits per heavy atom. The molecule has 0 bridgehead atoms. The average Bonchev–Trinajstić information content (AvgIpc) is 2.38. The predicted molar refractivity (Wildman–Crippen MR) is 86.8 cm³/mol. The molecule has 0 saturated heterocycles. The lowest BCUT2D eigenvalue weighted by molar-refractivity contribution is -0.0264. The zero-order chi connectivity index (χ0) is 14.5. The van der Waals surface area contributed by atoms with Crippen LogP contribution in [0.3, 0.4) is 0 Å². The summed E-state index contributed by atoms with van der Waals surface area (Å²) in [6.45, 7) is 7.79. The zero-order valence-electron chi connectivity index (χ0n) is 12.7. The van der Waals surface area contributed by atoms with Gasteiger partial charge in [0.05, 0.1) is 12.7 Å². The van der Waals surface area contributed by atoms with Gasteiger partial charge in [0.25, 0.3) is 0 Å². The van der Waals surface area contributed by atoms with Gasteiger partial charge in [-0.25, -0.2) is 0 Å². The molecule has 3 heteroatoms. The Bertz CT molecular complexity index is 427. The van der Waals surface area contributed by atoms with Crippen LogP contribution >= 0.6 is 15.9 Å². The van der Waals surface area contributed by atoms with Gasteiger partial charge < -0.3 is 9.47 Å². The molecular weight excluding hydrogens is 316 g/mol. The van der Waals surface area contributed by atoms with Crippen LogP contribution in [0.25, 0.3) is 0 Å². The normalized spacial score (nSPS) is 23.2. The van der Waals surface area contributed by atoms with Gasteiger partial charge in [-0.05, 0) is 52.0 Å². The molecule has 0 amide bonds. The summed E-state index contributed by atoms with van der Waals surface area (Å²) in [7, 11) is 0. The van der Waals surface area contributed by atoms with Crippen LogP contribution in [0.2, 0.25) is 0 Å². The van der Waals surface area contributed by atoms with Gasteiger partial charge in [-0.3, -0.25) is 0 Å². The van der Waals surface area contributed by atoms with Gasteiger partial charge in [-0.1, -0.05) is 33.6 Å². The Balaban J connectivity index is 1.95. The van der Waals surface area contributed by atoms with Crippen LogP contribution in [0.1, 0.15) is 49.1 Å². The van der Waals surface area contributed by atoms with Crippen molar-refractivity contribution < 1.29 is 9.47 Å². The second kappa shape index (κ2) is 7.46. The fraction of sp³-hybridized carbons (Fsp3) is 0.647. The van der Waals surface area contributed by atoms with Crippen LogP contribution in [0.4, 0.5) is 0 Å².